The molecule has 138 valence electrons. The van der Waals surface area contributed by atoms with E-state index in [2.05, 4.69) is 10.3 Å². The second-order valence-electron chi connectivity index (χ2n) is 6.57. The minimum atomic E-state index is -0.252. The summed E-state index contributed by atoms with van der Waals surface area (Å²) in [5.41, 5.74) is 0.880. The Morgan fingerprint density at radius 3 is 2.64 bits per heavy atom. The zero-order valence-corrected chi connectivity index (χ0v) is 16.4. The summed E-state index contributed by atoms with van der Waals surface area (Å²) in [6.07, 6.45) is 1.06. The Labute approximate surface area is 151 Å². The molecule has 0 aromatic carbocycles. The van der Waals surface area contributed by atoms with Crippen LogP contribution >= 0.6 is 11.3 Å². The van der Waals surface area contributed by atoms with E-state index in [1.54, 1.807) is 11.5 Å². The molecular weight excluding hydrogens is 338 g/mol. The van der Waals surface area contributed by atoms with E-state index in [0.717, 1.165) is 21.7 Å². The van der Waals surface area contributed by atoms with Crippen LogP contribution in [0.15, 0.2) is 4.79 Å². The van der Waals surface area contributed by atoms with E-state index >= 15 is 0 Å². The Bertz CT molecular complexity index is 825. The van der Waals surface area contributed by atoms with Crippen LogP contribution in [-0.2, 0) is 11.3 Å². The summed E-state index contributed by atoms with van der Waals surface area (Å²) in [5.74, 6) is 0.656. The van der Waals surface area contributed by atoms with Gasteiger partial charge in [0.05, 0.1) is 18.0 Å². The summed E-state index contributed by atoms with van der Waals surface area (Å²) in [5, 5.41) is 12.9. The molecule has 0 bridgehead atoms. The van der Waals surface area contributed by atoms with Gasteiger partial charge in [0.15, 0.2) is 0 Å². The number of carbonyl (C=O) groups excluding carboxylic acids is 1. The number of aliphatic hydroxyl groups is 1. The van der Waals surface area contributed by atoms with Crippen molar-refractivity contribution in [2.75, 3.05) is 6.61 Å². The van der Waals surface area contributed by atoms with E-state index < -0.39 is 0 Å². The minimum Gasteiger partial charge on any atom is -0.394 e. The quantitative estimate of drug-likeness (QED) is 0.788. The number of aliphatic hydroxyl groups excluding tert-OH is 1. The predicted octanol–water partition coefficient (Wildman–Crippen LogP) is 2.30. The molecule has 0 saturated heterocycles. The number of hydrogen-bond donors (Lipinski definition) is 2. The zero-order valence-electron chi connectivity index (χ0n) is 15.5. The maximum absolute atomic E-state index is 12.8. The molecular formula is C18H27N3O3S. The molecule has 2 rings (SSSR count). The van der Waals surface area contributed by atoms with Crippen molar-refractivity contribution in [3.05, 3.63) is 26.6 Å². The highest BCUT2D eigenvalue weighted by molar-refractivity contribution is 7.18. The van der Waals surface area contributed by atoms with Gasteiger partial charge in [-0.25, -0.2) is 4.98 Å². The standard InChI is InChI=1S/C18H27N3O3S/c1-6-10(2)14(9-22)20-15(23)7-8-21-13(5)19-17-16(18(21)24)11(3)12(4)25-17/h10,14,22H,6-9H2,1-5H3,(H,20,23)/t10-,14-/m1/s1. The lowest BCUT2D eigenvalue weighted by Crippen LogP contribution is -2.42. The summed E-state index contributed by atoms with van der Waals surface area (Å²) in [6, 6.07) is -0.252. The summed E-state index contributed by atoms with van der Waals surface area (Å²) in [4.78, 5) is 31.4. The number of hydrogen-bond acceptors (Lipinski definition) is 5. The number of amides is 1. The van der Waals surface area contributed by atoms with Gasteiger partial charge in [0.25, 0.3) is 5.56 Å². The molecule has 2 aromatic rings. The molecule has 2 N–H and O–H groups in total. The van der Waals surface area contributed by atoms with Crippen LogP contribution in [0, 0.1) is 26.7 Å². The first kappa shape index (κ1) is 19.6. The van der Waals surface area contributed by atoms with Crippen LogP contribution < -0.4 is 10.9 Å². The molecule has 1 amide bonds. The number of thiophene rings is 1. The fourth-order valence-electron chi connectivity index (χ4n) is 2.84. The first-order chi connectivity index (χ1) is 11.8. The number of rotatable bonds is 7. The molecule has 0 aliphatic carbocycles. The first-order valence-corrected chi connectivity index (χ1v) is 9.49. The Morgan fingerprint density at radius 2 is 2.04 bits per heavy atom. The lowest BCUT2D eigenvalue weighted by Gasteiger charge is -2.22. The monoisotopic (exact) mass is 365 g/mol. The zero-order chi connectivity index (χ0) is 18.7. The van der Waals surface area contributed by atoms with Gasteiger partial charge in [-0.05, 0) is 32.3 Å². The largest absolute Gasteiger partial charge is 0.394 e. The van der Waals surface area contributed by atoms with Gasteiger partial charge in [-0.15, -0.1) is 11.3 Å². The van der Waals surface area contributed by atoms with Crippen LogP contribution in [0.25, 0.3) is 10.2 Å². The van der Waals surface area contributed by atoms with Crippen LogP contribution in [0.5, 0.6) is 0 Å². The third kappa shape index (κ3) is 4.10. The predicted molar refractivity (Wildman–Crippen MR) is 101 cm³/mol. The molecule has 0 unspecified atom stereocenters. The fraction of sp³-hybridized carbons (Fsp3) is 0.611. The lowest BCUT2D eigenvalue weighted by atomic mass is 10.00. The Kier molecular flexibility index (Phi) is 6.35. The van der Waals surface area contributed by atoms with E-state index in [0.29, 0.717) is 11.2 Å². The van der Waals surface area contributed by atoms with Crippen LogP contribution in [-0.4, -0.2) is 33.2 Å². The number of carbonyl (C=O) groups is 1. The maximum Gasteiger partial charge on any atom is 0.262 e. The van der Waals surface area contributed by atoms with Gasteiger partial charge in [0, 0.05) is 17.8 Å². The van der Waals surface area contributed by atoms with Crippen molar-refractivity contribution in [2.45, 2.75) is 60.0 Å². The molecule has 0 fully saturated rings. The van der Waals surface area contributed by atoms with E-state index in [4.69, 9.17) is 0 Å². The third-order valence-electron chi connectivity index (χ3n) is 4.92. The SMILES string of the molecule is CC[C@@H](C)[C@@H](CO)NC(=O)CCn1c(C)nc2sc(C)c(C)c2c1=O. The van der Waals surface area contributed by atoms with Gasteiger partial charge in [-0.1, -0.05) is 20.3 Å². The van der Waals surface area contributed by atoms with Gasteiger partial charge in [-0.3, -0.25) is 14.2 Å². The Hall–Kier alpha value is -1.73. The smallest absolute Gasteiger partial charge is 0.262 e. The lowest BCUT2D eigenvalue weighted by molar-refractivity contribution is -0.122. The van der Waals surface area contributed by atoms with Crippen molar-refractivity contribution in [3.63, 3.8) is 0 Å². The minimum absolute atomic E-state index is 0.0827. The molecule has 7 heteroatoms. The second kappa shape index (κ2) is 8.10. The van der Waals surface area contributed by atoms with E-state index in [1.807, 2.05) is 27.7 Å². The number of aryl methyl sites for hydroxylation is 3. The van der Waals surface area contributed by atoms with Crippen molar-refractivity contribution >= 4 is 27.5 Å². The molecule has 0 aliphatic rings. The molecule has 0 spiro atoms. The Morgan fingerprint density at radius 1 is 1.36 bits per heavy atom. The highest BCUT2D eigenvalue weighted by Gasteiger charge is 2.18. The van der Waals surface area contributed by atoms with Crippen molar-refractivity contribution < 1.29 is 9.90 Å². The van der Waals surface area contributed by atoms with Crippen molar-refractivity contribution in [3.8, 4) is 0 Å². The van der Waals surface area contributed by atoms with Gasteiger partial charge < -0.3 is 10.4 Å². The molecule has 2 heterocycles. The van der Waals surface area contributed by atoms with Gasteiger partial charge in [0.2, 0.25) is 5.91 Å². The second-order valence-corrected chi connectivity index (χ2v) is 7.77. The van der Waals surface area contributed by atoms with Crippen molar-refractivity contribution in [2.24, 2.45) is 5.92 Å². The van der Waals surface area contributed by atoms with Crippen LogP contribution in [0.4, 0.5) is 0 Å². The summed E-state index contributed by atoms with van der Waals surface area (Å²) >= 11 is 1.53. The summed E-state index contributed by atoms with van der Waals surface area (Å²) in [6.45, 7) is 9.93. The highest BCUT2D eigenvalue weighted by atomic mass is 32.1. The van der Waals surface area contributed by atoms with Gasteiger partial charge >= 0.3 is 0 Å². The third-order valence-corrected chi connectivity index (χ3v) is 6.02. The summed E-state index contributed by atoms with van der Waals surface area (Å²) < 4.78 is 1.57. The van der Waals surface area contributed by atoms with E-state index in [1.165, 1.54) is 11.3 Å². The maximum atomic E-state index is 12.8. The van der Waals surface area contributed by atoms with Crippen molar-refractivity contribution in [1.82, 2.24) is 14.9 Å². The van der Waals surface area contributed by atoms with Gasteiger partial charge in [0.1, 0.15) is 10.7 Å². The average molecular weight is 365 g/mol. The molecule has 0 saturated carbocycles. The Balaban J connectivity index is 2.17. The molecule has 2 atom stereocenters. The number of nitrogens with one attached hydrogen (secondary N) is 1. The number of fused-ring (bicyclic) bond motifs is 1. The molecule has 0 radical (unpaired) electrons. The highest BCUT2D eigenvalue weighted by Crippen LogP contribution is 2.26. The first-order valence-electron chi connectivity index (χ1n) is 8.67. The molecule has 2 aromatic heterocycles. The van der Waals surface area contributed by atoms with Gasteiger partial charge in [-0.2, -0.15) is 0 Å². The van der Waals surface area contributed by atoms with Crippen molar-refractivity contribution in [1.29, 1.82) is 0 Å². The van der Waals surface area contributed by atoms with Crippen LogP contribution in [0.2, 0.25) is 0 Å². The number of nitrogens with zero attached hydrogens (tertiary/aromatic N) is 2. The topological polar surface area (TPSA) is 84.2 Å². The van der Waals surface area contributed by atoms with Crippen LogP contribution in [0.3, 0.4) is 0 Å². The fourth-order valence-corrected chi connectivity index (χ4v) is 3.90. The molecule has 0 aliphatic heterocycles. The van der Waals surface area contributed by atoms with Crippen LogP contribution in [0.1, 0.15) is 43.0 Å². The number of aromatic nitrogens is 2. The average Bonchev–Trinajstić information content (AvgIpc) is 2.85. The normalized spacial score (nSPS) is 13.8. The summed E-state index contributed by atoms with van der Waals surface area (Å²) in [7, 11) is 0. The molecule has 6 nitrogen and oxygen atoms in total. The molecule has 25 heavy (non-hydrogen) atoms. The van der Waals surface area contributed by atoms with E-state index in [-0.39, 0.29) is 43.0 Å². The van der Waals surface area contributed by atoms with E-state index in [9.17, 15) is 14.7 Å².